The summed E-state index contributed by atoms with van der Waals surface area (Å²) in [6.45, 7) is 1.66. The second-order valence-corrected chi connectivity index (χ2v) is 4.09. The van der Waals surface area contributed by atoms with Crippen LogP contribution < -0.4 is 5.73 Å². The molecule has 3 nitrogen and oxygen atoms in total. The Labute approximate surface area is 97.6 Å². The molecule has 0 aliphatic rings. The normalized spacial score (nSPS) is 10.8. The molecule has 0 fully saturated rings. The van der Waals surface area contributed by atoms with Crippen molar-refractivity contribution in [3.05, 3.63) is 34.7 Å². The van der Waals surface area contributed by atoms with Gasteiger partial charge in [-0.1, -0.05) is 11.6 Å². The number of benzene rings is 1. The Balaban J connectivity index is 2.69. The van der Waals surface area contributed by atoms with Crippen LogP contribution in [0.3, 0.4) is 0 Å². The van der Waals surface area contributed by atoms with Gasteiger partial charge in [0.15, 0.2) is 0 Å². The first-order chi connectivity index (χ1) is 7.50. The highest BCUT2D eigenvalue weighted by molar-refractivity contribution is 6.31. The zero-order chi connectivity index (χ0) is 11.9. The maximum absolute atomic E-state index is 13.9. The smallest absolute Gasteiger partial charge is 0.134 e. The Bertz CT molecular complexity index is 548. The molecule has 0 bridgehead atoms. The highest BCUT2D eigenvalue weighted by Gasteiger charge is 2.14. The number of aromatic nitrogens is 2. The first-order valence-electron chi connectivity index (χ1n) is 4.74. The van der Waals surface area contributed by atoms with Gasteiger partial charge >= 0.3 is 0 Å². The molecule has 1 aromatic heterocycles. The van der Waals surface area contributed by atoms with Crippen molar-refractivity contribution in [3.63, 3.8) is 0 Å². The third-order valence-corrected chi connectivity index (χ3v) is 2.71. The predicted octanol–water partition coefficient (Wildman–Crippen LogP) is 2.77. The highest BCUT2D eigenvalue weighted by Crippen LogP contribution is 2.31. The molecule has 16 heavy (non-hydrogen) atoms. The van der Waals surface area contributed by atoms with Crippen molar-refractivity contribution >= 4 is 17.4 Å². The first-order valence-corrected chi connectivity index (χ1v) is 5.12. The zero-order valence-corrected chi connectivity index (χ0v) is 9.72. The maximum Gasteiger partial charge on any atom is 0.134 e. The predicted molar refractivity (Wildman–Crippen MR) is 62.8 cm³/mol. The van der Waals surface area contributed by atoms with Crippen molar-refractivity contribution in [2.75, 3.05) is 5.73 Å². The Hall–Kier alpha value is -1.55. The molecule has 2 N–H and O–H groups in total. The molecular formula is C11H11ClFN3. The summed E-state index contributed by atoms with van der Waals surface area (Å²) in [4.78, 5) is 0. The van der Waals surface area contributed by atoms with Crippen molar-refractivity contribution in [1.82, 2.24) is 9.78 Å². The second kappa shape index (κ2) is 3.79. The van der Waals surface area contributed by atoms with Crippen LogP contribution in [0.5, 0.6) is 0 Å². The molecule has 0 spiro atoms. The van der Waals surface area contributed by atoms with Crippen LogP contribution in [0.15, 0.2) is 18.3 Å². The lowest BCUT2D eigenvalue weighted by Crippen LogP contribution is -1.99. The summed E-state index contributed by atoms with van der Waals surface area (Å²) in [5.41, 5.74) is 7.23. The van der Waals surface area contributed by atoms with Crippen LogP contribution in [0.25, 0.3) is 11.1 Å². The summed E-state index contributed by atoms with van der Waals surface area (Å²) < 4.78 is 15.4. The Morgan fingerprint density at radius 3 is 2.62 bits per heavy atom. The van der Waals surface area contributed by atoms with Crippen molar-refractivity contribution in [2.24, 2.45) is 7.05 Å². The molecular weight excluding hydrogens is 229 g/mol. The summed E-state index contributed by atoms with van der Waals surface area (Å²) >= 11 is 5.90. The number of anilines is 1. The molecule has 1 heterocycles. The lowest BCUT2D eigenvalue weighted by Gasteiger charge is -2.06. The summed E-state index contributed by atoms with van der Waals surface area (Å²) in [5.74, 6) is 0.102. The van der Waals surface area contributed by atoms with Gasteiger partial charge < -0.3 is 5.73 Å². The minimum absolute atomic E-state index is 0.316. The first kappa shape index (κ1) is 11.0. The number of nitrogens with zero attached hydrogens (tertiary/aromatic N) is 2. The third-order valence-electron chi connectivity index (χ3n) is 2.49. The van der Waals surface area contributed by atoms with Gasteiger partial charge in [-0.2, -0.15) is 5.10 Å². The molecule has 0 amide bonds. The van der Waals surface area contributed by atoms with Gasteiger partial charge in [-0.25, -0.2) is 4.39 Å². The molecule has 0 aliphatic heterocycles. The maximum atomic E-state index is 13.9. The molecule has 0 saturated carbocycles. The topological polar surface area (TPSA) is 43.8 Å². The van der Waals surface area contributed by atoms with Crippen LogP contribution >= 0.6 is 11.6 Å². The van der Waals surface area contributed by atoms with Crippen LogP contribution in [-0.4, -0.2) is 9.78 Å². The van der Waals surface area contributed by atoms with Crippen molar-refractivity contribution in [1.29, 1.82) is 0 Å². The molecule has 84 valence electrons. The molecule has 0 aliphatic carbocycles. The summed E-state index contributed by atoms with van der Waals surface area (Å²) in [6.07, 6.45) is 1.53. The molecule has 0 saturated heterocycles. The molecule has 1 aromatic carbocycles. The molecule has 5 heteroatoms. The van der Waals surface area contributed by atoms with Gasteiger partial charge in [-0.3, -0.25) is 4.68 Å². The number of halogens is 2. The zero-order valence-electron chi connectivity index (χ0n) is 8.96. The average Bonchev–Trinajstić information content (AvgIpc) is 2.54. The quantitative estimate of drug-likeness (QED) is 0.832. The fraction of sp³-hybridized carbons (Fsp3) is 0.182. The van der Waals surface area contributed by atoms with E-state index in [2.05, 4.69) is 5.10 Å². The summed E-state index contributed by atoms with van der Waals surface area (Å²) in [5, 5.41) is 4.46. The van der Waals surface area contributed by atoms with E-state index in [0.717, 1.165) is 0 Å². The van der Waals surface area contributed by atoms with E-state index in [1.54, 1.807) is 26.1 Å². The number of hydrogen-bond donors (Lipinski definition) is 1. The van der Waals surface area contributed by atoms with E-state index in [4.69, 9.17) is 17.3 Å². The standard InChI is InChI=1S/C11H11ClFN3/c1-6-3-7(12)4-8(10(6)13)9-5-15-16(2)11(9)14/h3-5H,14H2,1-2H3. The Morgan fingerprint density at radius 1 is 1.38 bits per heavy atom. The van der Waals surface area contributed by atoms with Gasteiger partial charge in [0.25, 0.3) is 0 Å². The van der Waals surface area contributed by atoms with Crippen molar-refractivity contribution in [3.8, 4) is 11.1 Å². The van der Waals surface area contributed by atoms with Gasteiger partial charge in [-0.15, -0.1) is 0 Å². The largest absolute Gasteiger partial charge is 0.383 e. The number of nitrogens with two attached hydrogens (primary N) is 1. The van der Waals surface area contributed by atoms with Gasteiger partial charge in [-0.05, 0) is 24.6 Å². The van der Waals surface area contributed by atoms with E-state index < -0.39 is 0 Å². The molecule has 0 unspecified atom stereocenters. The van der Waals surface area contributed by atoms with Gasteiger partial charge in [0, 0.05) is 23.2 Å². The SMILES string of the molecule is Cc1cc(Cl)cc(-c2cnn(C)c2N)c1F. The molecule has 2 aromatic rings. The number of rotatable bonds is 1. The number of aryl methyl sites for hydroxylation is 2. The van der Waals surface area contributed by atoms with Crippen LogP contribution in [0, 0.1) is 12.7 Å². The summed E-state index contributed by atoms with van der Waals surface area (Å²) in [7, 11) is 1.70. The van der Waals surface area contributed by atoms with Crippen molar-refractivity contribution < 1.29 is 4.39 Å². The minimum Gasteiger partial charge on any atom is -0.383 e. The fourth-order valence-corrected chi connectivity index (χ4v) is 1.85. The van der Waals surface area contributed by atoms with E-state index in [-0.39, 0.29) is 5.82 Å². The van der Waals surface area contributed by atoms with Crippen LogP contribution in [-0.2, 0) is 7.05 Å². The fourth-order valence-electron chi connectivity index (χ4n) is 1.58. The van der Waals surface area contributed by atoms with E-state index in [1.807, 2.05) is 0 Å². The van der Waals surface area contributed by atoms with E-state index in [1.165, 1.54) is 10.9 Å². The van der Waals surface area contributed by atoms with Crippen LogP contribution in [0.2, 0.25) is 5.02 Å². The van der Waals surface area contributed by atoms with Crippen LogP contribution in [0.4, 0.5) is 10.2 Å². The highest BCUT2D eigenvalue weighted by atomic mass is 35.5. The minimum atomic E-state index is -0.316. The van der Waals surface area contributed by atoms with Crippen LogP contribution in [0.1, 0.15) is 5.56 Å². The van der Waals surface area contributed by atoms with E-state index in [0.29, 0.717) is 27.5 Å². The Kier molecular flexibility index (Phi) is 2.59. The average molecular weight is 240 g/mol. The van der Waals surface area contributed by atoms with Gasteiger partial charge in [0.05, 0.1) is 6.20 Å². The number of hydrogen-bond acceptors (Lipinski definition) is 2. The summed E-state index contributed by atoms with van der Waals surface area (Å²) in [6, 6.07) is 3.13. The third kappa shape index (κ3) is 1.65. The monoisotopic (exact) mass is 239 g/mol. The van der Waals surface area contributed by atoms with Crippen molar-refractivity contribution in [2.45, 2.75) is 6.92 Å². The lowest BCUT2D eigenvalue weighted by atomic mass is 10.1. The Morgan fingerprint density at radius 2 is 2.06 bits per heavy atom. The van der Waals surface area contributed by atoms with E-state index in [9.17, 15) is 4.39 Å². The van der Waals surface area contributed by atoms with E-state index >= 15 is 0 Å². The molecule has 2 rings (SSSR count). The van der Waals surface area contributed by atoms with Gasteiger partial charge in [0.2, 0.25) is 0 Å². The number of nitrogen functional groups attached to an aromatic ring is 1. The lowest BCUT2D eigenvalue weighted by molar-refractivity contribution is 0.622. The van der Waals surface area contributed by atoms with Gasteiger partial charge in [0.1, 0.15) is 11.6 Å². The molecule has 0 atom stereocenters. The second-order valence-electron chi connectivity index (χ2n) is 3.65. The molecule has 0 radical (unpaired) electrons.